The van der Waals surface area contributed by atoms with Crippen molar-refractivity contribution in [2.45, 2.75) is 34.1 Å². The van der Waals surface area contributed by atoms with E-state index in [0.717, 1.165) is 33.2 Å². The first-order valence-electron chi connectivity index (χ1n) is 10.5. The zero-order valence-corrected chi connectivity index (χ0v) is 18.5. The fraction of sp³-hybridized carbons (Fsp3) is 0.231. The van der Waals surface area contributed by atoms with Gasteiger partial charge in [0, 0.05) is 17.8 Å². The van der Waals surface area contributed by atoms with Gasteiger partial charge in [0.25, 0.3) is 0 Å². The highest BCUT2D eigenvalue weighted by Crippen LogP contribution is 2.34. The molecule has 30 heavy (non-hydrogen) atoms. The van der Waals surface area contributed by atoms with Crippen LogP contribution in [0, 0.1) is 0 Å². The molecule has 0 aromatic heterocycles. The van der Waals surface area contributed by atoms with Gasteiger partial charge in [-0.2, -0.15) is 15.3 Å². The summed E-state index contributed by atoms with van der Waals surface area (Å²) in [5.41, 5.74) is 2.49. The Morgan fingerprint density at radius 3 is 1.73 bits per heavy atom. The molecule has 4 rings (SSSR count). The van der Waals surface area contributed by atoms with Crippen LogP contribution in [-0.4, -0.2) is 7.05 Å². The van der Waals surface area contributed by atoms with Gasteiger partial charge in [0.05, 0.1) is 17.1 Å². The smallest absolute Gasteiger partial charge is 0.0936 e. The monoisotopic (exact) mass is 398 g/mol. The second-order valence-electron chi connectivity index (χ2n) is 6.39. The fourth-order valence-corrected chi connectivity index (χ4v) is 2.90. The quantitative estimate of drug-likeness (QED) is 0.308. The number of fused-ring (bicyclic) bond motifs is 2. The van der Waals surface area contributed by atoms with Gasteiger partial charge in [-0.3, -0.25) is 0 Å². The van der Waals surface area contributed by atoms with Crippen molar-refractivity contribution in [2.75, 3.05) is 7.05 Å². The maximum Gasteiger partial charge on any atom is 0.0936 e. The van der Waals surface area contributed by atoms with Gasteiger partial charge < -0.3 is 0 Å². The lowest BCUT2D eigenvalue weighted by Crippen LogP contribution is -1.75. The van der Waals surface area contributed by atoms with Gasteiger partial charge in [0.1, 0.15) is 0 Å². The van der Waals surface area contributed by atoms with E-state index in [-0.39, 0.29) is 0 Å². The number of hydrogen-bond donors (Lipinski definition) is 0. The van der Waals surface area contributed by atoms with Gasteiger partial charge in [0.2, 0.25) is 0 Å². The topological polar surface area (TPSA) is 49.4 Å². The van der Waals surface area contributed by atoms with E-state index < -0.39 is 0 Å². The van der Waals surface area contributed by atoms with Crippen LogP contribution in [0.25, 0.3) is 21.5 Å². The van der Waals surface area contributed by atoms with Crippen LogP contribution < -0.4 is 0 Å². The number of hydrogen-bond acceptors (Lipinski definition) is 4. The summed E-state index contributed by atoms with van der Waals surface area (Å²) in [5, 5.41) is 21.3. The Morgan fingerprint density at radius 1 is 0.600 bits per heavy atom. The Morgan fingerprint density at radius 2 is 1.13 bits per heavy atom. The van der Waals surface area contributed by atoms with Crippen molar-refractivity contribution in [3.63, 3.8) is 0 Å². The lowest BCUT2D eigenvalue weighted by molar-refractivity contribution is 1.09. The molecule has 0 aliphatic rings. The van der Waals surface area contributed by atoms with Crippen molar-refractivity contribution in [2.24, 2.45) is 20.5 Å². The zero-order valence-electron chi connectivity index (χ0n) is 18.5. The van der Waals surface area contributed by atoms with Crippen molar-refractivity contribution >= 4 is 38.6 Å². The summed E-state index contributed by atoms with van der Waals surface area (Å²) in [7, 11) is 1.67. The van der Waals surface area contributed by atoms with Crippen molar-refractivity contribution < 1.29 is 0 Å². The first-order chi connectivity index (χ1) is 14.8. The van der Waals surface area contributed by atoms with Gasteiger partial charge in [-0.1, -0.05) is 88.7 Å². The molecule has 4 aromatic rings. The highest BCUT2D eigenvalue weighted by atomic mass is 15.1. The normalized spacial score (nSPS) is 10.7. The summed E-state index contributed by atoms with van der Waals surface area (Å²) < 4.78 is 0. The van der Waals surface area contributed by atoms with E-state index in [9.17, 15) is 0 Å². The average molecular weight is 399 g/mol. The molecule has 0 unspecified atom stereocenters. The van der Waals surface area contributed by atoms with Crippen molar-refractivity contribution in [3.05, 3.63) is 78.9 Å². The number of benzene rings is 4. The van der Waals surface area contributed by atoms with Crippen molar-refractivity contribution in [1.29, 1.82) is 0 Å². The average Bonchev–Trinajstić information content (AvgIpc) is 2.80. The first kappa shape index (κ1) is 22.9. The van der Waals surface area contributed by atoms with Gasteiger partial charge in [-0.05, 0) is 35.0 Å². The highest BCUT2D eigenvalue weighted by Gasteiger charge is 2.05. The van der Waals surface area contributed by atoms with E-state index in [0.29, 0.717) is 0 Å². The predicted molar refractivity (Wildman–Crippen MR) is 130 cm³/mol. The standard InChI is InChI=1S/C21H16N4.C3H8.C2H6/c1-22-24-20-12-13-21(19-9-5-4-8-18(19)20)25-23-17-11-10-15-6-2-3-7-16(15)14-17;1-3-2;1-2/h2-14H,1H3;3H2,1-2H3;1-2H3. The van der Waals surface area contributed by atoms with E-state index in [2.05, 4.69) is 52.5 Å². The van der Waals surface area contributed by atoms with Crippen molar-refractivity contribution in [3.8, 4) is 0 Å². The summed E-state index contributed by atoms with van der Waals surface area (Å²) in [6.45, 7) is 8.25. The number of rotatable bonds is 3. The molecule has 4 heteroatoms. The van der Waals surface area contributed by atoms with Crippen LogP contribution in [-0.2, 0) is 0 Å². The molecule has 0 aliphatic heterocycles. The van der Waals surface area contributed by atoms with Crippen LogP contribution >= 0.6 is 0 Å². The van der Waals surface area contributed by atoms with E-state index in [4.69, 9.17) is 0 Å². The van der Waals surface area contributed by atoms with Crippen LogP contribution in [0.2, 0.25) is 0 Å². The van der Waals surface area contributed by atoms with E-state index in [1.54, 1.807) is 7.05 Å². The summed E-state index contributed by atoms with van der Waals surface area (Å²) in [6.07, 6.45) is 1.25. The second-order valence-corrected chi connectivity index (χ2v) is 6.39. The molecular weight excluding hydrogens is 368 g/mol. The summed E-state index contributed by atoms with van der Waals surface area (Å²) in [5.74, 6) is 0. The third kappa shape index (κ3) is 5.80. The molecule has 0 saturated carbocycles. The molecule has 154 valence electrons. The van der Waals surface area contributed by atoms with E-state index >= 15 is 0 Å². The fourth-order valence-electron chi connectivity index (χ4n) is 2.90. The largest absolute Gasteiger partial charge is 0.192 e. The molecule has 4 aromatic carbocycles. The zero-order chi connectivity index (χ0) is 21.8. The molecule has 4 nitrogen and oxygen atoms in total. The lowest BCUT2D eigenvalue weighted by atomic mass is 10.1. The van der Waals surface area contributed by atoms with E-state index in [1.165, 1.54) is 11.8 Å². The Bertz CT molecular complexity index is 1130. The minimum atomic E-state index is 0.818. The first-order valence-corrected chi connectivity index (χ1v) is 10.5. The molecule has 0 spiro atoms. The summed E-state index contributed by atoms with van der Waals surface area (Å²) in [6, 6.07) is 26.2. The van der Waals surface area contributed by atoms with Crippen molar-refractivity contribution in [1.82, 2.24) is 0 Å². The molecule has 0 fully saturated rings. The number of azo groups is 2. The van der Waals surface area contributed by atoms with Gasteiger partial charge in [-0.25, -0.2) is 0 Å². The molecule has 0 aliphatic carbocycles. The SMILES string of the molecule is CC.CCC.CN=Nc1ccc(N=Nc2ccc3ccccc3c2)c2ccccc12. The summed E-state index contributed by atoms with van der Waals surface area (Å²) in [4.78, 5) is 0. The van der Waals surface area contributed by atoms with Crippen LogP contribution in [0.5, 0.6) is 0 Å². The van der Waals surface area contributed by atoms with Gasteiger partial charge >= 0.3 is 0 Å². The number of nitrogens with zero attached hydrogens (tertiary/aromatic N) is 4. The molecule has 0 saturated heterocycles. The van der Waals surface area contributed by atoms with Gasteiger partial charge in [-0.15, -0.1) is 5.11 Å². The second kappa shape index (κ2) is 12.2. The maximum atomic E-state index is 4.47. The van der Waals surface area contributed by atoms with E-state index in [1.807, 2.05) is 74.5 Å². The molecule has 0 atom stereocenters. The van der Waals surface area contributed by atoms with Crippen LogP contribution in [0.1, 0.15) is 34.1 Å². The maximum absolute atomic E-state index is 4.47. The Labute approximate surface area is 179 Å². The minimum absolute atomic E-state index is 0.818. The third-order valence-corrected chi connectivity index (χ3v) is 4.09. The Hall–Kier alpha value is -3.40. The molecule has 0 heterocycles. The Kier molecular flexibility index (Phi) is 9.32. The predicted octanol–water partition coefficient (Wildman–Crippen LogP) is 9.56. The Balaban J connectivity index is 0.000000590. The minimum Gasteiger partial charge on any atom is -0.192 e. The molecular formula is C26H30N4. The molecule has 0 bridgehead atoms. The third-order valence-electron chi connectivity index (χ3n) is 4.09. The molecule has 0 amide bonds. The lowest BCUT2D eigenvalue weighted by Gasteiger charge is -2.04. The molecule has 0 N–H and O–H groups in total. The van der Waals surface area contributed by atoms with Gasteiger partial charge in [0.15, 0.2) is 0 Å². The summed E-state index contributed by atoms with van der Waals surface area (Å²) >= 11 is 0. The van der Waals surface area contributed by atoms with Crippen LogP contribution in [0.3, 0.4) is 0 Å². The molecule has 0 radical (unpaired) electrons. The van der Waals surface area contributed by atoms with Crippen LogP contribution in [0.4, 0.5) is 17.1 Å². The highest BCUT2D eigenvalue weighted by molar-refractivity contribution is 5.99. The van der Waals surface area contributed by atoms with Crippen LogP contribution in [0.15, 0.2) is 99.3 Å².